The summed E-state index contributed by atoms with van der Waals surface area (Å²) in [6, 6.07) is 20.7. The second-order valence-electron chi connectivity index (χ2n) is 8.45. The van der Waals surface area contributed by atoms with Gasteiger partial charge in [-0.1, -0.05) is 35.4 Å². The van der Waals surface area contributed by atoms with Crippen LogP contribution in [0, 0.1) is 6.92 Å². The highest BCUT2D eigenvalue weighted by atomic mass is 35.5. The van der Waals surface area contributed by atoms with E-state index in [4.69, 9.17) is 11.6 Å². The first-order chi connectivity index (χ1) is 16.3. The molecule has 8 heteroatoms. The van der Waals surface area contributed by atoms with Crippen molar-refractivity contribution in [2.24, 2.45) is 0 Å². The Morgan fingerprint density at radius 2 is 1.65 bits per heavy atom. The van der Waals surface area contributed by atoms with Crippen molar-refractivity contribution in [1.82, 2.24) is 0 Å². The summed E-state index contributed by atoms with van der Waals surface area (Å²) < 4.78 is 28.0. The van der Waals surface area contributed by atoms with Gasteiger partial charge in [-0.25, -0.2) is 8.42 Å². The maximum absolute atomic E-state index is 13.5. The average molecular weight is 498 g/mol. The SMILES string of the molecule is Cc1ccc(S(=O)(=O)N(CC(=O)Nc2ccc(N3CCCCC3)cc2)c2cccc(Cl)c2)cc1. The summed E-state index contributed by atoms with van der Waals surface area (Å²) >= 11 is 6.12. The number of rotatable bonds is 7. The van der Waals surface area contributed by atoms with Crippen molar-refractivity contribution < 1.29 is 13.2 Å². The first-order valence-electron chi connectivity index (χ1n) is 11.3. The Labute approximate surface area is 206 Å². The normalized spacial score (nSPS) is 14.0. The number of aryl methyl sites for hydroxylation is 1. The summed E-state index contributed by atoms with van der Waals surface area (Å²) in [6.45, 7) is 3.58. The monoisotopic (exact) mass is 497 g/mol. The second kappa shape index (κ2) is 10.5. The maximum Gasteiger partial charge on any atom is 0.264 e. The summed E-state index contributed by atoms with van der Waals surface area (Å²) in [5.74, 6) is -0.443. The lowest BCUT2D eigenvalue weighted by Gasteiger charge is -2.29. The van der Waals surface area contributed by atoms with E-state index in [2.05, 4.69) is 10.2 Å². The zero-order chi connectivity index (χ0) is 24.1. The van der Waals surface area contributed by atoms with Crippen molar-refractivity contribution >= 4 is 44.6 Å². The zero-order valence-corrected chi connectivity index (χ0v) is 20.6. The molecule has 0 unspecified atom stereocenters. The standard InChI is InChI=1S/C26H28ClN3O3S/c1-20-8-14-25(15-9-20)34(32,33)30(24-7-5-6-21(27)18-24)19-26(31)28-22-10-12-23(13-11-22)29-16-3-2-4-17-29/h5-15,18H,2-4,16-17,19H2,1H3,(H,28,31). The van der Waals surface area contributed by atoms with Gasteiger partial charge < -0.3 is 10.2 Å². The van der Waals surface area contributed by atoms with E-state index >= 15 is 0 Å². The first kappa shape index (κ1) is 24.1. The van der Waals surface area contributed by atoms with Crippen LogP contribution in [-0.2, 0) is 14.8 Å². The van der Waals surface area contributed by atoms with Crippen LogP contribution < -0.4 is 14.5 Å². The molecule has 0 aliphatic carbocycles. The average Bonchev–Trinajstić information content (AvgIpc) is 2.84. The molecule has 1 fully saturated rings. The lowest BCUT2D eigenvalue weighted by molar-refractivity contribution is -0.114. The second-order valence-corrected chi connectivity index (χ2v) is 10.7. The summed E-state index contributed by atoms with van der Waals surface area (Å²) in [5, 5.41) is 3.21. The van der Waals surface area contributed by atoms with Gasteiger partial charge in [-0.05, 0) is 80.8 Å². The minimum atomic E-state index is -3.99. The van der Waals surface area contributed by atoms with E-state index in [0.717, 1.165) is 28.6 Å². The highest BCUT2D eigenvalue weighted by molar-refractivity contribution is 7.92. The number of hydrogen-bond acceptors (Lipinski definition) is 4. The van der Waals surface area contributed by atoms with Crippen LogP contribution in [0.1, 0.15) is 24.8 Å². The molecule has 1 amide bonds. The van der Waals surface area contributed by atoms with Crippen LogP contribution in [0.3, 0.4) is 0 Å². The molecular weight excluding hydrogens is 470 g/mol. The summed E-state index contributed by atoms with van der Waals surface area (Å²) in [7, 11) is -3.99. The van der Waals surface area contributed by atoms with Crippen LogP contribution in [0.4, 0.5) is 17.1 Å². The number of halogens is 1. The van der Waals surface area contributed by atoms with Crippen molar-refractivity contribution in [2.75, 3.05) is 34.2 Å². The van der Waals surface area contributed by atoms with Gasteiger partial charge in [0.05, 0.1) is 10.6 Å². The Morgan fingerprint density at radius 3 is 2.29 bits per heavy atom. The highest BCUT2D eigenvalue weighted by Crippen LogP contribution is 2.27. The summed E-state index contributed by atoms with van der Waals surface area (Å²) in [6.07, 6.45) is 3.64. The molecule has 1 N–H and O–H groups in total. The highest BCUT2D eigenvalue weighted by Gasteiger charge is 2.27. The molecule has 6 nitrogen and oxygen atoms in total. The first-order valence-corrected chi connectivity index (χ1v) is 13.1. The molecular formula is C26H28ClN3O3S. The lowest BCUT2D eigenvalue weighted by atomic mass is 10.1. The van der Waals surface area contributed by atoms with Gasteiger partial charge in [0.2, 0.25) is 5.91 Å². The smallest absolute Gasteiger partial charge is 0.264 e. The molecule has 1 aliphatic heterocycles. The maximum atomic E-state index is 13.5. The minimum absolute atomic E-state index is 0.108. The van der Waals surface area contributed by atoms with E-state index < -0.39 is 15.9 Å². The third kappa shape index (κ3) is 5.72. The molecule has 0 radical (unpaired) electrons. The number of sulfonamides is 1. The molecule has 3 aromatic rings. The fourth-order valence-corrected chi connectivity index (χ4v) is 5.62. The van der Waals surface area contributed by atoms with Gasteiger partial charge in [0.1, 0.15) is 6.54 Å². The van der Waals surface area contributed by atoms with Gasteiger partial charge in [-0.15, -0.1) is 0 Å². The van der Waals surface area contributed by atoms with Crippen molar-refractivity contribution in [3.05, 3.63) is 83.4 Å². The number of carbonyl (C=O) groups is 1. The van der Waals surface area contributed by atoms with Crippen molar-refractivity contribution in [1.29, 1.82) is 0 Å². The van der Waals surface area contributed by atoms with Crippen LogP contribution in [-0.4, -0.2) is 34.0 Å². The lowest BCUT2D eigenvalue weighted by Crippen LogP contribution is -2.38. The number of nitrogens with zero attached hydrogens (tertiary/aromatic N) is 2. The van der Waals surface area contributed by atoms with E-state index in [9.17, 15) is 13.2 Å². The molecule has 1 aliphatic rings. The van der Waals surface area contributed by atoms with E-state index in [1.165, 1.54) is 25.3 Å². The molecule has 0 bridgehead atoms. The van der Waals surface area contributed by atoms with Crippen LogP contribution in [0.2, 0.25) is 5.02 Å². The van der Waals surface area contributed by atoms with Crippen LogP contribution in [0.25, 0.3) is 0 Å². The quantitative estimate of drug-likeness (QED) is 0.469. The van der Waals surface area contributed by atoms with Gasteiger partial charge in [0.15, 0.2) is 0 Å². The van der Waals surface area contributed by atoms with Gasteiger partial charge in [0.25, 0.3) is 10.0 Å². The molecule has 4 rings (SSSR count). The predicted octanol–water partition coefficient (Wildman–Crippen LogP) is 5.47. The van der Waals surface area contributed by atoms with Gasteiger partial charge >= 0.3 is 0 Å². The number of amides is 1. The fourth-order valence-electron chi connectivity index (χ4n) is 4.02. The molecule has 0 spiro atoms. The summed E-state index contributed by atoms with van der Waals surface area (Å²) in [5.41, 5.74) is 3.01. The van der Waals surface area contributed by atoms with Gasteiger partial charge in [-0.2, -0.15) is 0 Å². The summed E-state index contributed by atoms with van der Waals surface area (Å²) in [4.78, 5) is 15.4. The molecule has 1 heterocycles. The van der Waals surface area contributed by atoms with Crippen molar-refractivity contribution in [3.63, 3.8) is 0 Å². The van der Waals surface area contributed by atoms with E-state index in [-0.39, 0.29) is 11.4 Å². The molecule has 1 saturated heterocycles. The largest absolute Gasteiger partial charge is 0.372 e. The number of piperidine rings is 1. The molecule has 178 valence electrons. The zero-order valence-electron chi connectivity index (χ0n) is 19.1. The predicted molar refractivity (Wildman–Crippen MR) is 138 cm³/mol. The topological polar surface area (TPSA) is 69.7 Å². The molecule has 3 aromatic carbocycles. The molecule has 0 aromatic heterocycles. The Balaban J connectivity index is 1.54. The van der Waals surface area contributed by atoms with Crippen molar-refractivity contribution in [3.8, 4) is 0 Å². The minimum Gasteiger partial charge on any atom is -0.372 e. The van der Waals surface area contributed by atoms with E-state index in [0.29, 0.717) is 16.4 Å². The van der Waals surface area contributed by atoms with E-state index in [1.54, 1.807) is 42.5 Å². The van der Waals surface area contributed by atoms with E-state index in [1.807, 2.05) is 31.2 Å². The molecule has 34 heavy (non-hydrogen) atoms. The number of carbonyl (C=O) groups excluding carboxylic acids is 1. The van der Waals surface area contributed by atoms with Crippen LogP contribution >= 0.6 is 11.6 Å². The Morgan fingerprint density at radius 1 is 0.971 bits per heavy atom. The number of hydrogen-bond donors (Lipinski definition) is 1. The number of benzene rings is 3. The van der Waals surface area contributed by atoms with Crippen LogP contribution in [0.15, 0.2) is 77.7 Å². The molecule has 0 saturated carbocycles. The van der Waals surface area contributed by atoms with Gasteiger partial charge in [-0.3, -0.25) is 9.10 Å². The van der Waals surface area contributed by atoms with Gasteiger partial charge in [0, 0.05) is 29.5 Å². The Kier molecular flexibility index (Phi) is 7.44. The third-order valence-corrected chi connectivity index (χ3v) is 7.89. The fraction of sp³-hybridized carbons (Fsp3) is 0.269. The number of nitrogens with one attached hydrogen (secondary N) is 1. The molecule has 0 atom stereocenters. The van der Waals surface area contributed by atoms with Crippen molar-refractivity contribution in [2.45, 2.75) is 31.1 Å². The van der Waals surface area contributed by atoms with Crippen LogP contribution in [0.5, 0.6) is 0 Å². The number of anilines is 3. The Bertz CT molecular complexity index is 1240. The third-order valence-electron chi connectivity index (χ3n) is 5.86. The Hall–Kier alpha value is -3.03.